The molecule has 0 radical (unpaired) electrons. The summed E-state index contributed by atoms with van der Waals surface area (Å²) < 4.78 is 19.8. The van der Waals surface area contributed by atoms with Crippen molar-refractivity contribution in [2.75, 3.05) is 65.9 Å². The molecule has 5 heteroatoms. The Balaban J connectivity index is 0.000000249. The van der Waals surface area contributed by atoms with Crippen molar-refractivity contribution in [1.29, 1.82) is 0 Å². The zero-order valence-corrected chi connectivity index (χ0v) is 29.7. The Labute approximate surface area is 276 Å². The molecule has 5 heterocycles. The summed E-state index contributed by atoms with van der Waals surface area (Å²) in [5, 5.41) is 3.22. The topological polar surface area (TPSA) is 49.0 Å². The number of nitrogens with one attached hydrogen (secondary N) is 1. The largest absolute Gasteiger partial charge is 0.381 e. The molecule has 44 heavy (non-hydrogen) atoms. The van der Waals surface area contributed by atoms with Gasteiger partial charge in [-0.25, -0.2) is 0 Å². The van der Waals surface area contributed by atoms with Crippen LogP contribution in [-0.4, -0.2) is 65.9 Å². The maximum absolute atomic E-state index is 5.07. The first-order chi connectivity index (χ1) is 22.0. The molecule has 0 aromatic heterocycles. The SMILES string of the molecule is C1CC1.C1CCC1.C1CCCC1.C1CCCCC1.C1CCNC1.C1CCOC1.C1CCOCC1.C1CCOCC1.C1COC1. The summed E-state index contributed by atoms with van der Waals surface area (Å²) in [6.45, 7) is 10.5. The van der Waals surface area contributed by atoms with E-state index in [-0.39, 0.29) is 0 Å². The second kappa shape index (κ2) is 39.0. The molecule has 4 aliphatic carbocycles. The molecule has 0 bridgehead atoms. The lowest BCUT2D eigenvalue weighted by molar-refractivity contribution is 0.0367. The highest BCUT2D eigenvalue weighted by atomic mass is 16.5. The van der Waals surface area contributed by atoms with Gasteiger partial charge >= 0.3 is 0 Å². The van der Waals surface area contributed by atoms with Gasteiger partial charge in [0.15, 0.2) is 0 Å². The molecule has 9 rings (SSSR count). The highest BCUT2D eigenvalue weighted by Gasteiger charge is 1.98. The van der Waals surface area contributed by atoms with Crippen LogP contribution in [0, 0.1) is 0 Å². The van der Waals surface area contributed by atoms with Crippen LogP contribution in [0.3, 0.4) is 0 Å². The molecular formula is C39H79NO4. The Kier molecular flexibility index (Phi) is 37.1. The van der Waals surface area contributed by atoms with E-state index in [4.69, 9.17) is 18.9 Å². The molecule has 9 aliphatic rings. The van der Waals surface area contributed by atoms with Crippen LogP contribution in [0.1, 0.15) is 186 Å². The molecule has 9 fully saturated rings. The molecule has 5 nitrogen and oxygen atoms in total. The molecule has 0 aromatic rings. The summed E-state index contributed by atoms with van der Waals surface area (Å²) in [4.78, 5) is 0. The third kappa shape index (κ3) is 39.8. The minimum absolute atomic E-state index is 1.00. The van der Waals surface area contributed by atoms with Crippen molar-refractivity contribution in [3.05, 3.63) is 0 Å². The van der Waals surface area contributed by atoms with Gasteiger partial charge < -0.3 is 24.3 Å². The van der Waals surface area contributed by atoms with Crippen LogP contribution in [0.25, 0.3) is 0 Å². The lowest BCUT2D eigenvalue weighted by Gasteiger charge is -2.09. The van der Waals surface area contributed by atoms with E-state index in [1.54, 1.807) is 0 Å². The fourth-order valence-corrected chi connectivity index (χ4v) is 4.85. The number of hydrogen-bond donors (Lipinski definition) is 1. The van der Waals surface area contributed by atoms with Crippen LogP contribution in [0.15, 0.2) is 0 Å². The highest BCUT2D eigenvalue weighted by molar-refractivity contribution is 4.56. The van der Waals surface area contributed by atoms with Crippen LogP contribution in [0.4, 0.5) is 0 Å². The average Bonchev–Trinajstić information content (AvgIpc) is 3.53. The zero-order valence-electron chi connectivity index (χ0n) is 29.7. The fraction of sp³-hybridized carbons (Fsp3) is 1.00. The Morgan fingerprint density at radius 1 is 0.182 bits per heavy atom. The molecule has 0 spiro atoms. The van der Waals surface area contributed by atoms with Crippen molar-refractivity contribution in [1.82, 2.24) is 5.32 Å². The van der Waals surface area contributed by atoms with E-state index in [2.05, 4.69) is 5.32 Å². The molecule has 0 aromatic carbocycles. The normalized spacial score (nSPS) is 24.0. The van der Waals surface area contributed by atoms with Gasteiger partial charge in [0.1, 0.15) is 0 Å². The first-order valence-corrected chi connectivity index (χ1v) is 20.0. The molecule has 0 unspecified atom stereocenters. The summed E-state index contributed by atoms with van der Waals surface area (Å²) in [6.07, 6.45) is 41.5. The van der Waals surface area contributed by atoms with E-state index in [1.807, 2.05) is 0 Å². The molecule has 5 aliphatic heterocycles. The van der Waals surface area contributed by atoms with E-state index >= 15 is 0 Å². The van der Waals surface area contributed by atoms with Crippen molar-refractivity contribution >= 4 is 0 Å². The average molecular weight is 626 g/mol. The smallest absolute Gasteiger partial charge is 0.0488 e. The first-order valence-electron chi connectivity index (χ1n) is 20.0. The predicted octanol–water partition coefficient (Wildman–Crippen LogP) is 11.0. The third-order valence-corrected chi connectivity index (χ3v) is 8.62. The number of rotatable bonds is 0. The van der Waals surface area contributed by atoms with Crippen molar-refractivity contribution in [3.8, 4) is 0 Å². The zero-order chi connectivity index (χ0) is 31.1. The van der Waals surface area contributed by atoms with Crippen LogP contribution in [0.2, 0.25) is 0 Å². The van der Waals surface area contributed by atoms with E-state index < -0.39 is 0 Å². The van der Waals surface area contributed by atoms with Crippen LogP contribution in [-0.2, 0) is 18.9 Å². The molecule has 0 atom stereocenters. The second-order valence-corrected chi connectivity index (χ2v) is 13.5. The lowest BCUT2D eigenvalue weighted by Crippen LogP contribution is -2.09. The van der Waals surface area contributed by atoms with E-state index in [0.29, 0.717) is 0 Å². The highest BCUT2D eigenvalue weighted by Crippen LogP contribution is 2.16. The minimum atomic E-state index is 1.00. The molecule has 264 valence electrons. The quantitative estimate of drug-likeness (QED) is 0.290. The molecular weight excluding hydrogens is 546 g/mol. The van der Waals surface area contributed by atoms with Gasteiger partial charge in [-0.3, -0.25) is 0 Å². The van der Waals surface area contributed by atoms with Crippen LogP contribution >= 0.6 is 0 Å². The van der Waals surface area contributed by atoms with Gasteiger partial charge in [0.25, 0.3) is 0 Å². The summed E-state index contributed by atoms with van der Waals surface area (Å²) >= 11 is 0. The first kappa shape index (κ1) is 41.8. The van der Waals surface area contributed by atoms with Crippen LogP contribution < -0.4 is 5.32 Å². The lowest BCUT2D eigenvalue weighted by atomic mass is 10.0. The van der Waals surface area contributed by atoms with Gasteiger partial charge in [0, 0.05) is 52.9 Å². The van der Waals surface area contributed by atoms with Gasteiger partial charge in [-0.05, 0) is 83.7 Å². The Morgan fingerprint density at radius 2 is 0.364 bits per heavy atom. The fourth-order valence-electron chi connectivity index (χ4n) is 4.85. The third-order valence-electron chi connectivity index (χ3n) is 8.62. The maximum atomic E-state index is 5.07. The van der Waals surface area contributed by atoms with Gasteiger partial charge in [-0.15, -0.1) is 0 Å². The number of ether oxygens (including phenoxy) is 4. The second-order valence-electron chi connectivity index (χ2n) is 13.5. The molecule has 5 saturated heterocycles. The van der Waals surface area contributed by atoms with Crippen LogP contribution in [0.5, 0.6) is 0 Å². The standard InChI is InChI=1S/C6H12.2C5H10O.C5H10.C4H9N.C4H8O.C4H8.C3H6O.C3H6/c3*1-2-4-6-5-3-1;3*1-2-4-5-3-1;2*1-2-4-3-1;1-2-3-1/h1-6H2;2*1-5H2;1-5H2;5H,1-4H2;1-4H2;1-4H2;1-3H2;1-3H2. The summed E-state index contributed by atoms with van der Waals surface area (Å²) in [5.41, 5.74) is 0. The van der Waals surface area contributed by atoms with Gasteiger partial charge in [0.05, 0.1) is 0 Å². The number of hydrogen-bond acceptors (Lipinski definition) is 5. The van der Waals surface area contributed by atoms with Gasteiger partial charge in [-0.1, -0.05) is 116 Å². The van der Waals surface area contributed by atoms with Crippen molar-refractivity contribution < 1.29 is 18.9 Å². The van der Waals surface area contributed by atoms with E-state index in [0.717, 1.165) is 52.9 Å². The predicted molar refractivity (Wildman–Crippen MR) is 190 cm³/mol. The maximum Gasteiger partial charge on any atom is 0.0488 e. The molecule has 1 N–H and O–H groups in total. The monoisotopic (exact) mass is 626 g/mol. The summed E-state index contributed by atoms with van der Waals surface area (Å²) in [7, 11) is 0. The molecule has 4 saturated carbocycles. The Morgan fingerprint density at radius 3 is 0.455 bits per heavy atom. The minimum Gasteiger partial charge on any atom is -0.381 e. The molecule has 0 amide bonds. The summed E-state index contributed by atoms with van der Waals surface area (Å²) in [6, 6.07) is 0. The van der Waals surface area contributed by atoms with E-state index in [1.165, 1.54) is 199 Å². The van der Waals surface area contributed by atoms with Crippen molar-refractivity contribution in [2.45, 2.75) is 186 Å². The Bertz CT molecular complexity index is 344. The summed E-state index contributed by atoms with van der Waals surface area (Å²) in [5.74, 6) is 0. The van der Waals surface area contributed by atoms with E-state index in [9.17, 15) is 0 Å². The van der Waals surface area contributed by atoms with Crippen molar-refractivity contribution in [3.63, 3.8) is 0 Å². The van der Waals surface area contributed by atoms with Gasteiger partial charge in [-0.2, -0.15) is 0 Å². The Hall–Kier alpha value is -0.200. The van der Waals surface area contributed by atoms with Gasteiger partial charge in [0.2, 0.25) is 0 Å². The van der Waals surface area contributed by atoms with Crippen molar-refractivity contribution in [2.24, 2.45) is 0 Å².